The quantitative estimate of drug-likeness (QED) is 0.832. The van der Waals surface area contributed by atoms with E-state index in [0.717, 1.165) is 16.8 Å². The lowest BCUT2D eigenvalue weighted by molar-refractivity contribution is -0.112. The van der Waals surface area contributed by atoms with Crippen molar-refractivity contribution in [3.8, 4) is 11.1 Å². The van der Waals surface area contributed by atoms with Gasteiger partial charge in [-0.2, -0.15) is 0 Å². The van der Waals surface area contributed by atoms with E-state index in [2.05, 4.69) is 15.3 Å². The van der Waals surface area contributed by atoms with Crippen LogP contribution in [0.5, 0.6) is 0 Å². The Labute approximate surface area is 129 Å². The summed E-state index contributed by atoms with van der Waals surface area (Å²) in [6.45, 7) is 5.20. The fraction of sp³-hybridized carbons (Fsp3) is 0.235. The molecule has 5 nitrogen and oxygen atoms in total. The van der Waals surface area contributed by atoms with Crippen LogP contribution in [0, 0.1) is 0 Å². The Balaban J connectivity index is 2.49. The number of hydrogen-bond donors (Lipinski definition) is 2. The molecule has 5 heteroatoms. The third kappa shape index (κ3) is 3.69. The molecule has 0 radical (unpaired) electrons. The van der Waals surface area contributed by atoms with Crippen molar-refractivity contribution in [3.63, 3.8) is 0 Å². The van der Waals surface area contributed by atoms with Crippen LogP contribution in [0.25, 0.3) is 11.1 Å². The van der Waals surface area contributed by atoms with Gasteiger partial charge in [0, 0.05) is 34.9 Å². The van der Waals surface area contributed by atoms with Crippen molar-refractivity contribution in [3.05, 3.63) is 58.4 Å². The topological polar surface area (TPSA) is 74.8 Å². The molecule has 114 valence electrons. The highest BCUT2D eigenvalue weighted by Crippen LogP contribution is 2.23. The molecule has 2 N–H and O–H groups in total. The lowest BCUT2D eigenvalue weighted by Crippen LogP contribution is -2.16. The molecular formula is C17H19N3O2. The molecule has 0 aliphatic carbocycles. The van der Waals surface area contributed by atoms with Crippen LogP contribution in [-0.2, 0) is 11.2 Å². The molecule has 22 heavy (non-hydrogen) atoms. The van der Waals surface area contributed by atoms with Crippen molar-refractivity contribution in [2.45, 2.75) is 27.2 Å². The standard InChI is InChI=1S/C17H19N3O2/c1-4-15-14(13-6-5-7-18-10-13)9-16(17(22)20-15)19-11(2)8-12(3)21/h5-10,19H,4H2,1-3H3,(H,20,22)/b11-8+. The largest absolute Gasteiger partial charge is 0.355 e. The summed E-state index contributed by atoms with van der Waals surface area (Å²) in [5.74, 6) is -0.0703. The average Bonchev–Trinajstić information content (AvgIpc) is 2.49. The maximum atomic E-state index is 12.2. The zero-order valence-corrected chi connectivity index (χ0v) is 12.9. The zero-order chi connectivity index (χ0) is 16.1. The highest BCUT2D eigenvalue weighted by Gasteiger charge is 2.10. The van der Waals surface area contributed by atoms with E-state index in [1.54, 1.807) is 25.4 Å². The summed E-state index contributed by atoms with van der Waals surface area (Å²) in [6, 6.07) is 5.60. The predicted molar refractivity (Wildman–Crippen MR) is 87.7 cm³/mol. The van der Waals surface area contributed by atoms with Crippen LogP contribution in [0.3, 0.4) is 0 Å². The number of rotatable bonds is 5. The molecule has 2 aromatic rings. The first kappa shape index (κ1) is 15.7. The zero-order valence-electron chi connectivity index (χ0n) is 12.9. The van der Waals surface area contributed by atoms with Crippen molar-refractivity contribution >= 4 is 11.5 Å². The van der Waals surface area contributed by atoms with E-state index in [4.69, 9.17) is 0 Å². The lowest BCUT2D eigenvalue weighted by Gasteiger charge is -2.12. The van der Waals surface area contributed by atoms with Gasteiger partial charge in [0.1, 0.15) is 5.69 Å². The second-order valence-corrected chi connectivity index (χ2v) is 5.06. The summed E-state index contributed by atoms with van der Waals surface area (Å²) in [5.41, 5.74) is 3.54. The van der Waals surface area contributed by atoms with E-state index in [1.807, 2.05) is 19.1 Å². The van der Waals surface area contributed by atoms with Crippen molar-refractivity contribution in [2.75, 3.05) is 5.32 Å². The average molecular weight is 297 g/mol. The predicted octanol–water partition coefficient (Wildman–Crippen LogP) is 2.90. The van der Waals surface area contributed by atoms with Gasteiger partial charge in [-0.3, -0.25) is 14.6 Å². The number of carbonyl (C=O) groups excluding carboxylic acids is 1. The monoisotopic (exact) mass is 297 g/mol. The number of allylic oxidation sites excluding steroid dienone is 2. The summed E-state index contributed by atoms with van der Waals surface area (Å²) in [4.78, 5) is 30.3. The van der Waals surface area contributed by atoms with Crippen molar-refractivity contribution in [1.29, 1.82) is 0 Å². The van der Waals surface area contributed by atoms with Crippen LogP contribution in [0.1, 0.15) is 26.5 Å². The summed E-state index contributed by atoms with van der Waals surface area (Å²) < 4.78 is 0. The van der Waals surface area contributed by atoms with Gasteiger partial charge < -0.3 is 10.3 Å². The first-order valence-electron chi connectivity index (χ1n) is 7.13. The van der Waals surface area contributed by atoms with E-state index in [1.165, 1.54) is 13.0 Å². The Morgan fingerprint density at radius 2 is 2.18 bits per heavy atom. The fourth-order valence-corrected chi connectivity index (χ4v) is 2.27. The van der Waals surface area contributed by atoms with E-state index >= 15 is 0 Å². The van der Waals surface area contributed by atoms with Gasteiger partial charge in [0.05, 0.1) is 0 Å². The number of aromatic nitrogens is 2. The van der Waals surface area contributed by atoms with Gasteiger partial charge in [-0.25, -0.2) is 0 Å². The molecular weight excluding hydrogens is 278 g/mol. The molecule has 2 aromatic heterocycles. The number of hydrogen-bond acceptors (Lipinski definition) is 4. The minimum Gasteiger partial charge on any atom is -0.355 e. The Bertz CT molecular complexity index is 761. The van der Waals surface area contributed by atoms with E-state index in [-0.39, 0.29) is 11.3 Å². The van der Waals surface area contributed by atoms with Gasteiger partial charge in [-0.1, -0.05) is 13.0 Å². The van der Waals surface area contributed by atoms with Gasteiger partial charge in [0.25, 0.3) is 5.56 Å². The Hall–Kier alpha value is -2.69. The Kier molecular flexibility index (Phi) is 4.88. The molecule has 0 saturated carbocycles. The third-order valence-electron chi connectivity index (χ3n) is 3.20. The molecule has 2 rings (SSSR count). The second-order valence-electron chi connectivity index (χ2n) is 5.06. The number of nitrogens with one attached hydrogen (secondary N) is 2. The van der Waals surface area contributed by atoms with E-state index < -0.39 is 0 Å². The van der Waals surface area contributed by atoms with Crippen LogP contribution in [0.2, 0.25) is 0 Å². The lowest BCUT2D eigenvalue weighted by atomic mass is 10.0. The minimum atomic E-state index is -0.208. The van der Waals surface area contributed by atoms with Gasteiger partial charge >= 0.3 is 0 Å². The fourth-order valence-electron chi connectivity index (χ4n) is 2.27. The number of anilines is 1. The molecule has 0 aromatic carbocycles. The molecule has 0 saturated heterocycles. The summed E-state index contributed by atoms with van der Waals surface area (Å²) >= 11 is 0. The molecule has 0 spiro atoms. The maximum absolute atomic E-state index is 12.2. The smallest absolute Gasteiger partial charge is 0.271 e. The van der Waals surface area contributed by atoms with Crippen LogP contribution in [0.15, 0.2) is 47.2 Å². The highest BCUT2D eigenvalue weighted by molar-refractivity contribution is 5.88. The first-order valence-corrected chi connectivity index (χ1v) is 7.13. The van der Waals surface area contributed by atoms with E-state index in [9.17, 15) is 9.59 Å². The molecule has 0 atom stereocenters. The van der Waals surface area contributed by atoms with Gasteiger partial charge in [-0.05, 0) is 38.5 Å². The molecule has 0 aliphatic rings. The number of ketones is 1. The molecule has 0 aliphatic heterocycles. The van der Waals surface area contributed by atoms with Gasteiger partial charge in [0.2, 0.25) is 0 Å². The molecule has 0 unspecified atom stereocenters. The second kappa shape index (κ2) is 6.85. The highest BCUT2D eigenvalue weighted by atomic mass is 16.1. The number of pyridine rings is 2. The summed E-state index contributed by atoms with van der Waals surface area (Å²) in [7, 11) is 0. The molecule has 2 heterocycles. The number of aryl methyl sites for hydroxylation is 1. The molecule has 0 bridgehead atoms. The summed E-state index contributed by atoms with van der Waals surface area (Å²) in [6.07, 6.45) is 5.63. The number of nitrogens with zero attached hydrogens (tertiary/aromatic N) is 1. The number of aromatic amines is 1. The van der Waals surface area contributed by atoms with Gasteiger partial charge in [0.15, 0.2) is 5.78 Å². The van der Waals surface area contributed by atoms with Crippen molar-refractivity contribution < 1.29 is 4.79 Å². The first-order chi connectivity index (χ1) is 10.5. The van der Waals surface area contributed by atoms with Crippen LogP contribution < -0.4 is 10.9 Å². The maximum Gasteiger partial charge on any atom is 0.271 e. The Morgan fingerprint density at radius 1 is 1.41 bits per heavy atom. The van der Waals surface area contributed by atoms with Crippen LogP contribution in [0.4, 0.5) is 5.69 Å². The van der Waals surface area contributed by atoms with Crippen molar-refractivity contribution in [1.82, 2.24) is 9.97 Å². The molecule has 0 amide bonds. The van der Waals surface area contributed by atoms with Crippen LogP contribution >= 0.6 is 0 Å². The van der Waals surface area contributed by atoms with Gasteiger partial charge in [-0.15, -0.1) is 0 Å². The molecule has 0 fully saturated rings. The SMILES string of the molecule is CCc1[nH]c(=O)c(N/C(C)=C/C(C)=O)cc1-c1cccnc1. The minimum absolute atomic E-state index is 0.0703. The summed E-state index contributed by atoms with van der Waals surface area (Å²) in [5, 5.41) is 2.98. The number of carbonyl (C=O) groups is 1. The van der Waals surface area contributed by atoms with E-state index in [0.29, 0.717) is 17.8 Å². The third-order valence-corrected chi connectivity index (χ3v) is 3.20. The number of H-pyrrole nitrogens is 1. The van der Waals surface area contributed by atoms with Crippen LogP contribution in [-0.4, -0.2) is 15.8 Å². The normalized spacial score (nSPS) is 11.3. The Morgan fingerprint density at radius 3 is 2.77 bits per heavy atom. The van der Waals surface area contributed by atoms with Crippen molar-refractivity contribution in [2.24, 2.45) is 0 Å².